The van der Waals surface area contributed by atoms with Crippen LogP contribution in [0.3, 0.4) is 0 Å². The number of carboxylic acid groups (broad SMARTS) is 1. The number of carbonyl (C=O) groups excluding carboxylic acids is 2. The molecule has 0 fully saturated rings. The summed E-state index contributed by atoms with van der Waals surface area (Å²) in [5.74, 6) is -0.977. The van der Waals surface area contributed by atoms with Crippen LogP contribution >= 0.6 is 0 Å². The number of rotatable bonds is 8. The van der Waals surface area contributed by atoms with E-state index in [1.54, 1.807) is 12.1 Å². The molecule has 0 aliphatic heterocycles. The second kappa shape index (κ2) is 8.11. The molecular formula is C14H20N2O5. The first-order valence-corrected chi connectivity index (χ1v) is 6.52. The number of quaternary nitrogens is 1. The highest BCUT2D eigenvalue weighted by Gasteiger charge is 2.14. The van der Waals surface area contributed by atoms with E-state index in [1.807, 2.05) is 14.1 Å². The van der Waals surface area contributed by atoms with Crippen LogP contribution in [0.15, 0.2) is 18.2 Å². The lowest BCUT2D eigenvalue weighted by Crippen LogP contribution is -3.06. The molecule has 0 unspecified atom stereocenters. The zero-order chi connectivity index (χ0) is 15.8. The summed E-state index contributed by atoms with van der Waals surface area (Å²) in [6.45, 7) is 0.639. The van der Waals surface area contributed by atoms with Gasteiger partial charge in [-0.25, -0.2) is 0 Å². The van der Waals surface area contributed by atoms with Crippen molar-refractivity contribution in [1.82, 2.24) is 5.32 Å². The van der Waals surface area contributed by atoms with Crippen molar-refractivity contribution in [1.29, 1.82) is 0 Å². The molecule has 7 nitrogen and oxygen atoms in total. The second-order valence-electron chi connectivity index (χ2n) is 4.72. The summed E-state index contributed by atoms with van der Waals surface area (Å²) in [6.07, 6.45) is 0. The van der Waals surface area contributed by atoms with Crippen LogP contribution < -0.4 is 24.8 Å². The lowest BCUT2D eigenvalue weighted by atomic mass is 10.1. The van der Waals surface area contributed by atoms with Gasteiger partial charge in [-0.3, -0.25) is 4.79 Å². The van der Waals surface area contributed by atoms with Crippen LogP contribution in [0, 0.1) is 0 Å². The molecule has 0 bridgehead atoms. The number of hydrogen-bond acceptors (Lipinski definition) is 5. The number of amides is 1. The van der Waals surface area contributed by atoms with Gasteiger partial charge in [-0.2, -0.15) is 0 Å². The van der Waals surface area contributed by atoms with Crippen molar-refractivity contribution in [3.63, 3.8) is 0 Å². The van der Waals surface area contributed by atoms with Gasteiger partial charge in [0.25, 0.3) is 5.91 Å². The van der Waals surface area contributed by atoms with Crippen molar-refractivity contribution in [2.75, 3.05) is 40.9 Å². The SMILES string of the molecule is COc1ccc(C(=O)NCC(=O)[O-])c(OCC[NH+](C)C)c1. The zero-order valence-electron chi connectivity index (χ0n) is 12.4. The maximum atomic E-state index is 11.9. The Morgan fingerprint density at radius 2 is 2.05 bits per heavy atom. The van der Waals surface area contributed by atoms with Gasteiger partial charge in [-0.15, -0.1) is 0 Å². The molecule has 0 spiro atoms. The molecule has 0 atom stereocenters. The minimum atomic E-state index is -1.35. The van der Waals surface area contributed by atoms with Crippen molar-refractivity contribution in [3.8, 4) is 11.5 Å². The number of carbonyl (C=O) groups is 2. The largest absolute Gasteiger partial charge is 0.548 e. The number of carboxylic acids is 1. The van der Waals surface area contributed by atoms with E-state index >= 15 is 0 Å². The summed E-state index contributed by atoms with van der Waals surface area (Å²) in [6, 6.07) is 4.73. The summed E-state index contributed by atoms with van der Waals surface area (Å²) in [7, 11) is 5.49. The molecule has 21 heavy (non-hydrogen) atoms. The quantitative estimate of drug-likeness (QED) is 0.563. The molecule has 0 heterocycles. The van der Waals surface area contributed by atoms with E-state index < -0.39 is 18.4 Å². The van der Waals surface area contributed by atoms with Gasteiger partial charge in [0.15, 0.2) is 0 Å². The summed E-state index contributed by atoms with van der Waals surface area (Å²) < 4.78 is 10.7. The number of ether oxygens (including phenoxy) is 2. The lowest BCUT2D eigenvalue weighted by Gasteiger charge is -2.14. The molecule has 1 aromatic carbocycles. The van der Waals surface area contributed by atoms with Crippen molar-refractivity contribution in [3.05, 3.63) is 23.8 Å². The van der Waals surface area contributed by atoms with Gasteiger partial charge in [-0.05, 0) is 12.1 Å². The van der Waals surface area contributed by atoms with Crippen LogP contribution in [-0.4, -0.2) is 52.8 Å². The Morgan fingerprint density at radius 3 is 2.62 bits per heavy atom. The Morgan fingerprint density at radius 1 is 1.33 bits per heavy atom. The molecule has 7 heteroatoms. The summed E-state index contributed by atoms with van der Waals surface area (Å²) in [4.78, 5) is 23.5. The number of aliphatic carboxylic acids is 1. The Hall–Kier alpha value is -2.28. The highest BCUT2D eigenvalue weighted by molar-refractivity contribution is 5.98. The third-order valence-electron chi connectivity index (χ3n) is 2.69. The fraction of sp³-hybridized carbons (Fsp3) is 0.429. The van der Waals surface area contributed by atoms with E-state index in [0.717, 1.165) is 6.54 Å². The molecule has 0 aromatic heterocycles. The van der Waals surface area contributed by atoms with Crippen molar-refractivity contribution in [2.45, 2.75) is 0 Å². The van der Waals surface area contributed by atoms with Crippen LogP contribution in [0.4, 0.5) is 0 Å². The van der Waals surface area contributed by atoms with Crippen molar-refractivity contribution >= 4 is 11.9 Å². The van der Waals surface area contributed by atoms with Gasteiger partial charge in [0.05, 0.1) is 39.3 Å². The summed E-state index contributed by atoms with van der Waals surface area (Å²) in [5, 5.41) is 12.6. The number of nitrogens with one attached hydrogen (secondary N) is 2. The zero-order valence-corrected chi connectivity index (χ0v) is 12.4. The molecule has 0 saturated heterocycles. The van der Waals surface area contributed by atoms with Gasteiger partial charge in [0, 0.05) is 6.07 Å². The molecule has 2 N–H and O–H groups in total. The number of hydrogen-bond donors (Lipinski definition) is 2. The van der Waals surface area contributed by atoms with Crippen LogP contribution in [0.2, 0.25) is 0 Å². The summed E-state index contributed by atoms with van der Waals surface area (Å²) in [5.41, 5.74) is 0.255. The van der Waals surface area contributed by atoms with E-state index in [2.05, 4.69) is 5.32 Å². The third kappa shape index (κ3) is 5.70. The average molecular weight is 296 g/mol. The molecule has 1 amide bonds. The lowest BCUT2D eigenvalue weighted by molar-refractivity contribution is -0.858. The van der Waals surface area contributed by atoms with E-state index in [0.29, 0.717) is 18.1 Å². The molecule has 116 valence electrons. The number of likely N-dealkylation sites (N-methyl/N-ethyl adjacent to an activating group) is 1. The molecule has 0 radical (unpaired) electrons. The van der Waals surface area contributed by atoms with E-state index in [4.69, 9.17) is 9.47 Å². The Kier molecular flexibility index (Phi) is 6.48. The molecule has 0 aliphatic rings. The maximum absolute atomic E-state index is 11.9. The Bertz CT molecular complexity index is 502. The maximum Gasteiger partial charge on any atom is 0.255 e. The van der Waals surface area contributed by atoms with Gasteiger partial charge < -0.3 is 29.6 Å². The van der Waals surface area contributed by atoms with E-state index in [1.165, 1.54) is 18.1 Å². The first-order chi connectivity index (χ1) is 9.93. The van der Waals surface area contributed by atoms with E-state index in [9.17, 15) is 14.7 Å². The van der Waals surface area contributed by atoms with Crippen LogP contribution in [-0.2, 0) is 4.79 Å². The molecule has 0 aliphatic carbocycles. The standard InChI is InChI=1S/C14H20N2O5/c1-16(2)6-7-21-12-8-10(20-3)4-5-11(12)14(19)15-9-13(17)18/h4-5,8H,6-7,9H2,1-3H3,(H,15,19)(H,17,18). The summed E-state index contributed by atoms with van der Waals surface area (Å²) >= 11 is 0. The highest BCUT2D eigenvalue weighted by Crippen LogP contribution is 2.24. The topological polar surface area (TPSA) is 92.1 Å². The molecule has 1 aromatic rings. The van der Waals surface area contributed by atoms with Crippen molar-refractivity contribution < 1.29 is 29.1 Å². The Labute approximate surface area is 123 Å². The normalized spacial score (nSPS) is 10.3. The Balaban J connectivity index is 2.85. The highest BCUT2D eigenvalue weighted by atomic mass is 16.5. The minimum absolute atomic E-state index is 0.255. The minimum Gasteiger partial charge on any atom is -0.548 e. The second-order valence-corrected chi connectivity index (χ2v) is 4.72. The van der Waals surface area contributed by atoms with Crippen LogP contribution in [0.25, 0.3) is 0 Å². The number of methoxy groups -OCH3 is 1. The van der Waals surface area contributed by atoms with Gasteiger partial charge in [0.1, 0.15) is 24.7 Å². The molecule has 1 rings (SSSR count). The van der Waals surface area contributed by atoms with E-state index in [-0.39, 0.29) is 5.56 Å². The van der Waals surface area contributed by atoms with Crippen molar-refractivity contribution in [2.24, 2.45) is 0 Å². The number of benzene rings is 1. The van der Waals surface area contributed by atoms with Crippen LogP contribution in [0.1, 0.15) is 10.4 Å². The van der Waals surface area contributed by atoms with Gasteiger partial charge >= 0.3 is 0 Å². The van der Waals surface area contributed by atoms with Gasteiger partial charge in [0.2, 0.25) is 0 Å². The third-order valence-corrected chi connectivity index (χ3v) is 2.69. The smallest absolute Gasteiger partial charge is 0.255 e. The predicted molar refractivity (Wildman–Crippen MR) is 73.5 cm³/mol. The predicted octanol–water partition coefficient (Wildman–Crippen LogP) is -2.30. The fourth-order valence-electron chi connectivity index (χ4n) is 1.55. The monoisotopic (exact) mass is 296 g/mol. The molecular weight excluding hydrogens is 276 g/mol. The van der Waals surface area contributed by atoms with Crippen LogP contribution in [0.5, 0.6) is 11.5 Å². The first-order valence-electron chi connectivity index (χ1n) is 6.52. The first kappa shape index (κ1) is 16.8. The van der Waals surface area contributed by atoms with Gasteiger partial charge in [-0.1, -0.05) is 0 Å². The molecule has 0 saturated carbocycles. The fourth-order valence-corrected chi connectivity index (χ4v) is 1.55. The average Bonchev–Trinajstić information content (AvgIpc) is 2.44.